The Hall–Kier alpha value is -1.03. The smallest absolute Gasteiger partial charge is 0.214 e. The van der Waals surface area contributed by atoms with E-state index >= 15 is 0 Å². The first kappa shape index (κ1) is 76.4. The lowest BCUT2D eigenvalue weighted by Crippen LogP contribution is -2.53. The molecule has 1 aromatic rings. The van der Waals surface area contributed by atoms with Gasteiger partial charge in [0.2, 0.25) is 20.0 Å². The summed E-state index contributed by atoms with van der Waals surface area (Å²) in [7, 11) is -6.04. The molecule has 0 spiro atoms. The first-order valence-corrected chi connectivity index (χ1v) is 40.9. The number of nitrogens with zero attached hydrogens (tertiary/aromatic N) is 1. The Labute approximate surface area is 527 Å². The standard InChI is InChI=1S/C19H31NO2S.C15H26.C13H27NOS.C12H25NO2S.C12H24O2S/c1-19(2,3)18-12-10-17(11-13-18)15-23(21,22)20(4)14-16-8-6-5-7-9-16;1-14(2,3)13-11-5-10-6-12(13)9-15(4,7-10)8-11;1-13(2,3)12-8-6-11(7-9-12)10-16(5,15)14-4;1-12(2,3)11-7-5-10(6-8-11)9-16(14,15)13-4;1-5-6-15(13,14)9-10-7-11(8-10)12(2,3)4/h5-9,17-18H,10-15H2,1-4H3;10-13H,5-9H2,1-4H3;11-12H,5-10H2,1-4H3,(H,14,15);10-11,13H,5-9H2,1-4H3;10-11H,5-9H2,1-4H3. The highest BCUT2D eigenvalue weighted by molar-refractivity contribution is 7.98. The normalized spacial score (nSPS) is 31.7. The van der Waals surface area contributed by atoms with Gasteiger partial charge in [-0.1, -0.05) is 148 Å². The van der Waals surface area contributed by atoms with Crippen molar-refractivity contribution < 1.29 is 29.5 Å². The molecule has 1 aromatic carbocycles. The third-order valence-electron chi connectivity index (χ3n) is 22.1. The second-order valence-corrected chi connectivity index (χ2v) is 43.3. The van der Waals surface area contributed by atoms with E-state index in [-0.39, 0.29) is 0 Å². The molecule has 0 aromatic heterocycles. The Morgan fingerprint density at radius 2 is 0.906 bits per heavy atom. The SMILES string of the molecule is C=S(=O)(CC1CCC(C(C)(C)C)CC1)NC.CC12CC3CC(C1)C(C(C)(C)C)C(C3)C2.CCCS(=O)(=O)CC1CC(C(C)(C)C)C1.CN(Cc1ccccc1)S(=O)(=O)CC1CCC(C(C)(C)C)CC1.CNS(=O)(=O)CC1CCC(C(C)(C)C)CC1. The van der Waals surface area contributed by atoms with E-state index in [0.717, 1.165) is 122 Å². The van der Waals surface area contributed by atoms with Gasteiger partial charge in [0.05, 0.1) is 17.3 Å². The summed E-state index contributed by atoms with van der Waals surface area (Å²) in [6, 6.07) is 9.79. The second-order valence-electron chi connectivity index (χ2n) is 34.6. The molecule has 498 valence electrons. The number of sulfonamides is 2. The zero-order valence-corrected chi connectivity index (χ0v) is 61.6. The van der Waals surface area contributed by atoms with Crippen LogP contribution in [0.25, 0.3) is 0 Å². The van der Waals surface area contributed by atoms with Gasteiger partial charge in [-0.25, -0.2) is 39.0 Å². The summed E-state index contributed by atoms with van der Waals surface area (Å²) in [5.74, 6) is 14.9. The fraction of sp³-hybridized carbons (Fsp3) is 0.901. The molecular formula is C71H133N3O7S4. The molecule has 0 heterocycles. The maximum absolute atomic E-state index is 12.6. The molecule has 8 saturated carbocycles. The fourth-order valence-corrected chi connectivity index (χ4v) is 22.7. The zero-order chi connectivity index (χ0) is 64.4. The Morgan fingerprint density at radius 1 is 0.506 bits per heavy atom. The van der Waals surface area contributed by atoms with Crippen LogP contribution in [-0.2, 0) is 46.1 Å². The number of rotatable bonds is 15. The number of sulfone groups is 1. The summed E-state index contributed by atoms with van der Waals surface area (Å²) in [6.07, 6.45) is 24.6. The molecule has 8 aliphatic rings. The van der Waals surface area contributed by atoms with Crippen molar-refractivity contribution in [1.82, 2.24) is 13.7 Å². The molecule has 0 saturated heterocycles. The van der Waals surface area contributed by atoms with E-state index in [0.29, 0.717) is 80.3 Å². The Balaban J connectivity index is 0.000000230. The lowest BCUT2D eigenvalue weighted by molar-refractivity contribution is -0.120. The van der Waals surface area contributed by atoms with Crippen LogP contribution in [0.5, 0.6) is 0 Å². The van der Waals surface area contributed by atoms with Gasteiger partial charge >= 0.3 is 0 Å². The number of nitrogens with one attached hydrogen (secondary N) is 2. The highest BCUT2D eigenvalue weighted by Gasteiger charge is 2.55. The van der Waals surface area contributed by atoms with Crippen LogP contribution in [0, 0.1) is 104 Å². The van der Waals surface area contributed by atoms with Crippen LogP contribution in [0.2, 0.25) is 0 Å². The van der Waals surface area contributed by atoms with Crippen molar-refractivity contribution in [3.63, 3.8) is 0 Å². The summed E-state index contributed by atoms with van der Waals surface area (Å²) in [4.78, 5) is 0. The van der Waals surface area contributed by atoms with Crippen molar-refractivity contribution in [2.75, 3.05) is 49.9 Å². The molecule has 2 N–H and O–H groups in total. The van der Waals surface area contributed by atoms with Gasteiger partial charge in [0.25, 0.3) is 0 Å². The molecule has 8 fully saturated rings. The Morgan fingerprint density at radius 3 is 1.26 bits per heavy atom. The molecule has 0 radical (unpaired) electrons. The summed E-state index contributed by atoms with van der Waals surface area (Å²) >= 11 is 0. The van der Waals surface area contributed by atoms with Gasteiger partial charge in [0, 0.05) is 34.8 Å². The lowest BCUT2D eigenvalue weighted by atomic mass is 9.43. The van der Waals surface area contributed by atoms with Gasteiger partial charge in [-0.2, -0.15) is 0 Å². The highest BCUT2D eigenvalue weighted by atomic mass is 32.2. The molecule has 85 heavy (non-hydrogen) atoms. The number of hydrogen-bond donors (Lipinski definition) is 2. The topological polar surface area (TPSA) is 147 Å². The van der Waals surface area contributed by atoms with Crippen molar-refractivity contribution in [1.29, 1.82) is 0 Å². The molecule has 3 unspecified atom stereocenters. The maximum Gasteiger partial charge on any atom is 0.214 e. The third-order valence-corrected chi connectivity index (χ3v) is 29.3. The van der Waals surface area contributed by atoms with Crippen LogP contribution in [0.3, 0.4) is 0 Å². The van der Waals surface area contributed by atoms with Crippen molar-refractivity contribution >= 4 is 45.5 Å². The maximum atomic E-state index is 12.6. The molecular weight excluding hydrogens is 1140 g/mol. The molecule has 10 nitrogen and oxygen atoms in total. The van der Waals surface area contributed by atoms with Gasteiger partial charge < -0.3 is 0 Å². The second kappa shape index (κ2) is 31.1. The van der Waals surface area contributed by atoms with Crippen LogP contribution in [0.1, 0.15) is 252 Å². The zero-order valence-electron chi connectivity index (χ0n) is 58.3. The minimum absolute atomic E-state index is 0.299. The fourth-order valence-electron chi connectivity index (χ4n) is 17.0. The lowest BCUT2D eigenvalue weighted by Gasteiger charge is -2.62. The average Bonchev–Trinajstić information content (AvgIpc) is 0.806. The van der Waals surface area contributed by atoms with E-state index in [1.807, 2.05) is 37.3 Å². The molecule has 4 bridgehead atoms. The molecule has 0 amide bonds. The van der Waals surface area contributed by atoms with Crippen LogP contribution in [0.15, 0.2) is 30.3 Å². The number of hydrogen-bond acceptors (Lipinski definition) is 7. The van der Waals surface area contributed by atoms with Crippen molar-refractivity contribution in [2.45, 2.75) is 253 Å². The van der Waals surface area contributed by atoms with Crippen LogP contribution in [-0.4, -0.2) is 89.5 Å². The van der Waals surface area contributed by atoms with Gasteiger partial charge in [-0.05, 0) is 257 Å². The Bertz CT molecular complexity index is 2510. The highest BCUT2D eigenvalue weighted by Crippen LogP contribution is 2.65. The van der Waals surface area contributed by atoms with E-state index < -0.39 is 39.6 Å². The predicted molar refractivity (Wildman–Crippen MR) is 368 cm³/mol. The largest absolute Gasteiger partial charge is 0.253 e. The van der Waals surface area contributed by atoms with Gasteiger partial charge in [0.15, 0.2) is 9.84 Å². The Kier molecular flexibility index (Phi) is 27.9. The van der Waals surface area contributed by atoms with Crippen LogP contribution < -0.4 is 9.44 Å². The molecule has 3 atom stereocenters. The minimum Gasteiger partial charge on any atom is -0.253 e. The predicted octanol–water partition coefficient (Wildman–Crippen LogP) is 16.8. The van der Waals surface area contributed by atoms with Crippen LogP contribution in [0.4, 0.5) is 0 Å². The van der Waals surface area contributed by atoms with Crippen molar-refractivity contribution in [3.05, 3.63) is 35.9 Å². The van der Waals surface area contributed by atoms with Gasteiger partial charge in [-0.3, -0.25) is 4.21 Å². The average molecular weight is 1270 g/mol. The number of benzene rings is 1. The van der Waals surface area contributed by atoms with Crippen molar-refractivity contribution in [2.24, 2.45) is 104 Å². The van der Waals surface area contributed by atoms with E-state index in [1.165, 1.54) is 49.9 Å². The molecule has 0 aliphatic heterocycles. The van der Waals surface area contributed by atoms with E-state index in [1.54, 1.807) is 46.2 Å². The summed E-state index contributed by atoms with van der Waals surface area (Å²) in [5.41, 5.74) is 3.83. The molecule has 8 aliphatic carbocycles. The molecule has 14 heteroatoms. The van der Waals surface area contributed by atoms with E-state index in [2.05, 4.69) is 126 Å². The van der Waals surface area contributed by atoms with Crippen molar-refractivity contribution in [3.8, 4) is 0 Å². The van der Waals surface area contributed by atoms with Gasteiger partial charge in [-0.15, -0.1) is 0 Å². The summed E-state index contributed by atoms with van der Waals surface area (Å²) in [5, 5.41) is 0. The first-order chi connectivity index (χ1) is 38.8. The minimum atomic E-state index is -3.18. The monoisotopic (exact) mass is 1270 g/mol. The van der Waals surface area contributed by atoms with E-state index in [4.69, 9.17) is 0 Å². The third kappa shape index (κ3) is 25.5. The van der Waals surface area contributed by atoms with E-state index in [9.17, 15) is 29.5 Å². The first-order valence-electron chi connectivity index (χ1n) is 33.9. The summed E-state index contributed by atoms with van der Waals surface area (Å²) < 4.78 is 89.9. The summed E-state index contributed by atoms with van der Waals surface area (Å²) in [6.45, 7) is 39.8. The quantitative estimate of drug-likeness (QED) is 0.166. The van der Waals surface area contributed by atoms with Gasteiger partial charge in [0.1, 0.15) is 0 Å². The van der Waals surface area contributed by atoms with Crippen LogP contribution >= 0.6 is 0 Å². The molecule has 9 rings (SSSR count).